The van der Waals surface area contributed by atoms with Gasteiger partial charge in [0.25, 0.3) is 0 Å². The van der Waals surface area contributed by atoms with Crippen LogP contribution in [0.1, 0.15) is 220 Å². The highest BCUT2D eigenvalue weighted by Crippen LogP contribution is 2.61. The average Bonchev–Trinajstić information content (AvgIpc) is 3.02. The van der Waals surface area contributed by atoms with Gasteiger partial charge in [0.2, 0.25) is 12.2 Å². The first kappa shape index (κ1) is 40.8. The quantitative estimate of drug-likeness (QED) is 0.0459. The van der Waals surface area contributed by atoms with Crippen molar-refractivity contribution in [3.05, 3.63) is 0 Å². The summed E-state index contributed by atoms with van der Waals surface area (Å²) in [5, 5.41) is 0. The van der Waals surface area contributed by atoms with Gasteiger partial charge in [0.15, 0.2) is 0 Å². The van der Waals surface area contributed by atoms with Crippen LogP contribution in [0.15, 0.2) is 9.98 Å². The fraction of sp³-hybridized carbons (Fsp3) is 0.950. The molecular formula is C40H74N2O2. The van der Waals surface area contributed by atoms with E-state index in [-0.39, 0.29) is 12.1 Å². The van der Waals surface area contributed by atoms with E-state index in [4.69, 9.17) is 0 Å². The lowest BCUT2D eigenvalue weighted by Gasteiger charge is -2.56. The molecule has 4 heteroatoms. The van der Waals surface area contributed by atoms with Gasteiger partial charge < -0.3 is 0 Å². The second-order valence-electron chi connectivity index (χ2n) is 14.6. The maximum atomic E-state index is 11.3. The summed E-state index contributed by atoms with van der Waals surface area (Å²) in [5.41, 5.74) is 0.791. The van der Waals surface area contributed by atoms with E-state index >= 15 is 0 Å². The van der Waals surface area contributed by atoms with Crippen LogP contribution in [-0.2, 0) is 9.59 Å². The van der Waals surface area contributed by atoms with Crippen LogP contribution in [0.4, 0.5) is 0 Å². The predicted octanol–water partition coefficient (Wildman–Crippen LogP) is 13.2. The number of isocyanates is 2. The second-order valence-corrected chi connectivity index (χ2v) is 14.6. The van der Waals surface area contributed by atoms with Crippen molar-refractivity contribution in [2.24, 2.45) is 20.8 Å². The van der Waals surface area contributed by atoms with Crippen molar-refractivity contribution in [3.63, 3.8) is 0 Å². The van der Waals surface area contributed by atoms with Crippen molar-refractivity contribution >= 4 is 12.2 Å². The van der Waals surface area contributed by atoms with Crippen LogP contribution in [-0.4, -0.2) is 24.2 Å². The maximum absolute atomic E-state index is 11.3. The van der Waals surface area contributed by atoms with Crippen molar-refractivity contribution < 1.29 is 9.59 Å². The van der Waals surface area contributed by atoms with E-state index in [1.807, 2.05) is 12.2 Å². The minimum atomic E-state index is 0.151. The summed E-state index contributed by atoms with van der Waals surface area (Å²) in [6, 6.07) is 0.301. The van der Waals surface area contributed by atoms with Crippen molar-refractivity contribution in [3.8, 4) is 0 Å². The van der Waals surface area contributed by atoms with E-state index < -0.39 is 0 Å². The van der Waals surface area contributed by atoms with Gasteiger partial charge >= 0.3 is 0 Å². The zero-order valence-electron chi connectivity index (χ0n) is 30.1. The summed E-state index contributed by atoms with van der Waals surface area (Å²) in [6.07, 6.45) is 41.8. The third kappa shape index (κ3) is 16.4. The molecule has 4 atom stereocenters. The van der Waals surface area contributed by atoms with E-state index in [0.29, 0.717) is 10.8 Å². The number of hydrogen-bond donors (Lipinski definition) is 0. The Morgan fingerprint density at radius 1 is 0.455 bits per heavy atom. The Morgan fingerprint density at radius 2 is 0.773 bits per heavy atom. The highest BCUT2D eigenvalue weighted by molar-refractivity contribution is 5.33. The van der Waals surface area contributed by atoms with Gasteiger partial charge in [0.1, 0.15) is 0 Å². The van der Waals surface area contributed by atoms with Gasteiger partial charge in [-0.15, -0.1) is 0 Å². The molecule has 4 unspecified atom stereocenters. The molecular weight excluding hydrogens is 540 g/mol. The summed E-state index contributed by atoms with van der Waals surface area (Å²) in [7, 11) is 0. The smallest absolute Gasteiger partial charge is 0.211 e. The highest BCUT2D eigenvalue weighted by atomic mass is 16.1. The van der Waals surface area contributed by atoms with Gasteiger partial charge in [-0.2, -0.15) is 0 Å². The summed E-state index contributed by atoms with van der Waals surface area (Å²) in [6.45, 7) is 9.11. The van der Waals surface area contributed by atoms with E-state index in [1.54, 1.807) is 0 Å². The fourth-order valence-corrected chi connectivity index (χ4v) is 8.71. The molecule has 0 aromatic rings. The molecule has 0 bridgehead atoms. The molecule has 0 saturated heterocycles. The topological polar surface area (TPSA) is 58.9 Å². The third-order valence-corrected chi connectivity index (χ3v) is 11.3. The van der Waals surface area contributed by atoms with Crippen molar-refractivity contribution in [2.45, 2.75) is 232 Å². The molecule has 0 aromatic heterocycles. The minimum Gasteiger partial charge on any atom is -0.211 e. The number of aliphatic imine (C=N–C) groups is 2. The Morgan fingerprint density at radius 3 is 1.14 bits per heavy atom. The number of rotatable bonds is 30. The molecule has 0 aliphatic heterocycles. The number of carbonyl (C=O) groups excluding carboxylic acids is 2. The first-order valence-corrected chi connectivity index (χ1v) is 19.7. The molecule has 0 amide bonds. The lowest BCUT2D eigenvalue weighted by atomic mass is 9.49. The molecule has 4 nitrogen and oxygen atoms in total. The molecule has 1 saturated carbocycles. The molecule has 1 rings (SSSR count). The summed E-state index contributed by atoms with van der Waals surface area (Å²) in [4.78, 5) is 31.1. The fourth-order valence-electron chi connectivity index (χ4n) is 8.71. The van der Waals surface area contributed by atoms with Gasteiger partial charge in [-0.25, -0.2) is 19.6 Å². The van der Waals surface area contributed by atoms with Crippen LogP contribution in [0.25, 0.3) is 0 Å². The lowest BCUT2D eigenvalue weighted by Crippen LogP contribution is -2.45. The van der Waals surface area contributed by atoms with Crippen LogP contribution < -0.4 is 0 Å². The van der Waals surface area contributed by atoms with Gasteiger partial charge in [0.05, 0.1) is 12.1 Å². The Kier molecular flexibility index (Phi) is 25.0. The van der Waals surface area contributed by atoms with Crippen LogP contribution in [0.5, 0.6) is 0 Å². The van der Waals surface area contributed by atoms with Crippen LogP contribution >= 0.6 is 0 Å². The van der Waals surface area contributed by atoms with Gasteiger partial charge in [-0.1, -0.05) is 156 Å². The average molecular weight is 615 g/mol. The highest BCUT2D eigenvalue weighted by Gasteiger charge is 2.50. The molecule has 1 aliphatic carbocycles. The molecule has 44 heavy (non-hydrogen) atoms. The number of nitrogens with zero attached hydrogens (tertiary/aromatic N) is 2. The van der Waals surface area contributed by atoms with Crippen molar-refractivity contribution in [1.29, 1.82) is 0 Å². The van der Waals surface area contributed by atoms with Crippen LogP contribution in [0.2, 0.25) is 0 Å². The van der Waals surface area contributed by atoms with Gasteiger partial charge in [-0.3, -0.25) is 0 Å². The van der Waals surface area contributed by atoms with Crippen molar-refractivity contribution in [1.82, 2.24) is 0 Å². The largest absolute Gasteiger partial charge is 0.235 e. The molecule has 0 spiro atoms. The van der Waals surface area contributed by atoms with E-state index in [0.717, 1.165) is 25.7 Å². The molecule has 1 aliphatic rings. The minimum absolute atomic E-state index is 0.151. The lowest BCUT2D eigenvalue weighted by molar-refractivity contribution is -0.0523. The van der Waals surface area contributed by atoms with Crippen molar-refractivity contribution in [2.75, 3.05) is 0 Å². The Bertz CT molecular complexity index is 707. The molecule has 0 N–H and O–H groups in total. The summed E-state index contributed by atoms with van der Waals surface area (Å²) in [5.74, 6) is 0. The van der Waals surface area contributed by atoms with Crippen LogP contribution in [0.3, 0.4) is 0 Å². The number of unbranched alkanes of at least 4 members (excludes halogenated alkanes) is 12. The molecule has 1 fully saturated rings. The molecule has 0 heterocycles. The van der Waals surface area contributed by atoms with E-state index in [1.165, 1.54) is 167 Å². The molecule has 0 radical (unpaired) electrons. The zero-order chi connectivity index (χ0) is 32.2. The Labute approximate surface area is 274 Å². The Balaban J connectivity index is 3.22. The van der Waals surface area contributed by atoms with E-state index in [2.05, 4.69) is 37.7 Å². The number of hydrogen-bond acceptors (Lipinski definition) is 4. The second kappa shape index (κ2) is 26.9. The monoisotopic (exact) mass is 615 g/mol. The van der Waals surface area contributed by atoms with Gasteiger partial charge in [-0.05, 0) is 75.0 Å². The standard InChI is InChI=1S/C40H74N2O2/c1-5-9-13-15-19-29-39(33-23-27-37(41-35-43)25-17-11-7-3)31-21-22-32-40(39,30-20-16-14-10-6-2)34-24-28-38(42-36-44)26-18-12-8-4/h37-38H,5-34H2,1-4H3. The summed E-state index contributed by atoms with van der Waals surface area (Å²) >= 11 is 0. The van der Waals surface area contributed by atoms with Gasteiger partial charge in [0, 0.05) is 0 Å². The predicted molar refractivity (Wildman–Crippen MR) is 190 cm³/mol. The van der Waals surface area contributed by atoms with E-state index in [9.17, 15) is 9.59 Å². The zero-order valence-corrected chi connectivity index (χ0v) is 30.1. The molecule has 0 aromatic carbocycles. The SMILES string of the molecule is CCCCCCCC1(CCCC(CCCCC)N=C=O)CCCCC1(CCCCCCC)CCCC(CCCCC)N=C=O. The Hall–Kier alpha value is -1.24. The first-order chi connectivity index (χ1) is 21.6. The third-order valence-electron chi connectivity index (χ3n) is 11.3. The van der Waals surface area contributed by atoms with Crippen LogP contribution in [0, 0.1) is 10.8 Å². The normalized spacial score (nSPS) is 21.4. The summed E-state index contributed by atoms with van der Waals surface area (Å²) < 4.78 is 0. The molecule has 256 valence electrons. The first-order valence-electron chi connectivity index (χ1n) is 19.7. The maximum Gasteiger partial charge on any atom is 0.235 e.